The van der Waals surface area contributed by atoms with Crippen LogP contribution < -0.4 is 5.32 Å². The molecule has 1 aromatic heterocycles. The van der Waals surface area contributed by atoms with Gasteiger partial charge in [-0.1, -0.05) is 19.9 Å². The summed E-state index contributed by atoms with van der Waals surface area (Å²) in [7, 11) is 0. The Morgan fingerprint density at radius 2 is 2.35 bits per heavy atom. The molecule has 1 aliphatic rings. The van der Waals surface area contributed by atoms with E-state index < -0.39 is 12.1 Å². The van der Waals surface area contributed by atoms with Crippen molar-refractivity contribution in [3.8, 4) is 0 Å². The number of cyclic esters (lactones) is 1. The topological polar surface area (TPSA) is 71.5 Å². The molecule has 0 spiro atoms. The van der Waals surface area contributed by atoms with Crippen LogP contribution in [0.3, 0.4) is 0 Å². The third kappa shape index (κ3) is 3.46. The number of carbonyl (C=O) groups is 2. The molecule has 2 rings (SSSR count). The van der Waals surface area contributed by atoms with Crippen LogP contribution in [0, 0.1) is 5.92 Å². The van der Waals surface area contributed by atoms with Gasteiger partial charge in [0.1, 0.15) is 12.6 Å². The second-order valence-electron chi connectivity index (χ2n) is 5.18. The van der Waals surface area contributed by atoms with E-state index in [0.29, 0.717) is 13.1 Å². The molecule has 0 unspecified atom stereocenters. The van der Waals surface area contributed by atoms with E-state index in [4.69, 9.17) is 4.74 Å². The Hall–Kier alpha value is -2.11. The molecular weight excluding hydrogens is 258 g/mol. The molecule has 1 aliphatic heterocycles. The molecule has 1 atom stereocenters. The van der Waals surface area contributed by atoms with Gasteiger partial charge in [0, 0.05) is 12.7 Å². The highest BCUT2D eigenvalue weighted by molar-refractivity contribution is 5.87. The number of nitrogens with zero attached hydrogens (tertiary/aromatic N) is 2. The van der Waals surface area contributed by atoms with E-state index in [1.165, 1.54) is 4.90 Å². The van der Waals surface area contributed by atoms with E-state index in [2.05, 4.69) is 10.3 Å². The van der Waals surface area contributed by atoms with Crippen LogP contribution in [-0.4, -0.2) is 41.1 Å². The Labute approximate surface area is 118 Å². The van der Waals surface area contributed by atoms with Crippen LogP contribution in [0.2, 0.25) is 0 Å². The number of hydrogen-bond acceptors (Lipinski definition) is 4. The molecule has 20 heavy (non-hydrogen) atoms. The molecule has 0 radical (unpaired) electrons. The molecule has 2 heterocycles. The van der Waals surface area contributed by atoms with Crippen LogP contribution in [-0.2, 0) is 16.1 Å². The van der Waals surface area contributed by atoms with Crippen molar-refractivity contribution < 1.29 is 14.3 Å². The number of ether oxygens (including phenoxy) is 1. The number of hydrogen-bond donors (Lipinski definition) is 1. The highest BCUT2D eigenvalue weighted by Crippen LogP contribution is 2.14. The smallest absolute Gasteiger partial charge is 0.410 e. The molecule has 1 saturated heterocycles. The predicted molar refractivity (Wildman–Crippen MR) is 72.8 cm³/mol. The maximum atomic E-state index is 12.1. The summed E-state index contributed by atoms with van der Waals surface area (Å²) in [5, 5.41) is 2.79. The lowest BCUT2D eigenvalue weighted by molar-refractivity contribution is -0.125. The van der Waals surface area contributed by atoms with Crippen molar-refractivity contribution in [2.75, 3.05) is 13.2 Å². The van der Waals surface area contributed by atoms with Crippen LogP contribution in [0.4, 0.5) is 4.79 Å². The van der Waals surface area contributed by atoms with Gasteiger partial charge in [-0.2, -0.15) is 0 Å². The molecule has 2 amide bonds. The van der Waals surface area contributed by atoms with Crippen molar-refractivity contribution in [3.05, 3.63) is 30.1 Å². The lowest BCUT2D eigenvalue weighted by atomic mass is 10.1. The maximum absolute atomic E-state index is 12.1. The molecule has 0 bridgehead atoms. The minimum absolute atomic E-state index is 0.111. The third-order valence-electron chi connectivity index (χ3n) is 3.01. The first kappa shape index (κ1) is 14.3. The number of aromatic nitrogens is 1. The maximum Gasteiger partial charge on any atom is 0.410 e. The van der Waals surface area contributed by atoms with Crippen LogP contribution >= 0.6 is 0 Å². The first-order chi connectivity index (χ1) is 9.58. The van der Waals surface area contributed by atoms with E-state index in [-0.39, 0.29) is 18.4 Å². The molecule has 0 aliphatic carbocycles. The summed E-state index contributed by atoms with van der Waals surface area (Å²) in [6, 6.07) is 4.97. The van der Waals surface area contributed by atoms with E-state index >= 15 is 0 Å². The minimum Gasteiger partial charge on any atom is -0.447 e. The largest absolute Gasteiger partial charge is 0.447 e. The van der Waals surface area contributed by atoms with Crippen molar-refractivity contribution in [2.24, 2.45) is 5.92 Å². The summed E-state index contributed by atoms with van der Waals surface area (Å²) in [5.74, 6) is 0.0777. The van der Waals surface area contributed by atoms with Crippen LogP contribution in [0.15, 0.2) is 24.4 Å². The highest BCUT2D eigenvalue weighted by atomic mass is 16.6. The summed E-state index contributed by atoms with van der Waals surface area (Å²) >= 11 is 0. The van der Waals surface area contributed by atoms with Crippen LogP contribution in [0.25, 0.3) is 0 Å². The van der Waals surface area contributed by atoms with E-state index in [1.54, 1.807) is 6.20 Å². The van der Waals surface area contributed by atoms with Crippen LogP contribution in [0.5, 0.6) is 0 Å². The molecule has 1 aromatic rings. The van der Waals surface area contributed by atoms with Crippen molar-refractivity contribution >= 4 is 12.0 Å². The fourth-order valence-electron chi connectivity index (χ4n) is 2.06. The average Bonchev–Trinajstić information content (AvgIpc) is 2.78. The standard InChI is InChI=1S/C14H19N3O3/c1-10(2)8-17-12(9-20-14(17)19)13(18)16-7-11-5-3-4-6-15-11/h3-6,10,12H,7-9H2,1-2H3,(H,16,18)/t12-/m0/s1. The van der Waals surface area contributed by atoms with E-state index in [9.17, 15) is 9.59 Å². The zero-order chi connectivity index (χ0) is 14.5. The van der Waals surface area contributed by atoms with Crippen LogP contribution in [0.1, 0.15) is 19.5 Å². The lowest BCUT2D eigenvalue weighted by Crippen LogP contribution is -2.46. The molecule has 108 valence electrons. The summed E-state index contributed by atoms with van der Waals surface area (Å²) in [5.41, 5.74) is 0.779. The molecule has 1 fully saturated rings. The Bertz CT molecular complexity index is 476. The highest BCUT2D eigenvalue weighted by Gasteiger charge is 2.37. The predicted octanol–water partition coefficient (Wildman–Crippen LogP) is 1.17. The normalized spacial score (nSPS) is 18.2. The minimum atomic E-state index is -0.548. The van der Waals surface area contributed by atoms with Crippen molar-refractivity contribution in [2.45, 2.75) is 26.4 Å². The number of pyridine rings is 1. The summed E-state index contributed by atoms with van der Waals surface area (Å²) in [4.78, 5) is 29.4. The molecule has 0 saturated carbocycles. The fourth-order valence-corrected chi connectivity index (χ4v) is 2.06. The van der Waals surface area contributed by atoms with Gasteiger partial charge in [0.2, 0.25) is 5.91 Å². The Morgan fingerprint density at radius 3 is 3.00 bits per heavy atom. The number of rotatable bonds is 5. The van der Waals surface area contributed by atoms with Gasteiger partial charge >= 0.3 is 6.09 Å². The quantitative estimate of drug-likeness (QED) is 0.877. The molecule has 6 heteroatoms. The van der Waals surface area contributed by atoms with Gasteiger partial charge in [0.05, 0.1) is 12.2 Å². The third-order valence-corrected chi connectivity index (χ3v) is 3.01. The monoisotopic (exact) mass is 277 g/mol. The van der Waals surface area contributed by atoms with Gasteiger partial charge < -0.3 is 10.1 Å². The van der Waals surface area contributed by atoms with Gasteiger partial charge in [-0.3, -0.25) is 14.7 Å². The van der Waals surface area contributed by atoms with Crippen molar-refractivity contribution in [3.63, 3.8) is 0 Å². The first-order valence-corrected chi connectivity index (χ1v) is 6.69. The first-order valence-electron chi connectivity index (χ1n) is 6.69. The number of carbonyl (C=O) groups excluding carboxylic acids is 2. The van der Waals surface area contributed by atoms with E-state index in [1.807, 2.05) is 32.0 Å². The molecule has 0 aromatic carbocycles. The van der Waals surface area contributed by atoms with Crippen molar-refractivity contribution in [1.82, 2.24) is 15.2 Å². The Morgan fingerprint density at radius 1 is 1.55 bits per heavy atom. The molecular formula is C14H19N3O3. The summed E-state index contributed by atoms with van der Waals surface area (Å²) in [6.45, 7) is 4.96. The van der Waals surface area contributed by atoms with Gasteiger partial charge in [-0.05, 0) is 18.1 Å². The lowest BCUT2D eigenvalue weighted by Gasteiger charge is -2.22. The summed E-state index contributed by atoms with van der Waals surface area (Å²) < 4.78 is 4.96. The van der Waals surface area contributed by atoms with Gasteiger partial charge in [0.25, 0.3) is 0 Å². The fraction of sp³-hybridized carbons (Fsp3) is 0.500. The second kappa shape index (κ2) is 6.36. The zero-order valence-electron chi connectivity index (χ0n) is 11.7. The molecule has 1 N–H and O–H groups in total. The number of amides is 2. The summed E-state index contributed by atoms with van der Waals surface area (Å²) in [6.07, 6.45) is 1.26. The molecule has 6 nitrogen and oxygen atoms in total. The zero-order valence-corrected chi connectivity index (χ0v) is 11.7. The number of nitrogens with one attached hydrogen (secondary N) is 1. The average molecular weight is 277 g/mol. The van der Waals surface area contributed by atoms with E-state index in [0.717, 1.165) is 5.69 Å². The van der Waals surface area contributed by atoms with Gasteiger partial charge in [-0.15, -0.1) is 0 Å². The second-order valence-corrected chi connectivity index (χ2v) is 5.18. The Kier molecular flexibility index (Phi) is 4.55. The van der Waals surface area contributed by atoms with Gasteiger partial charge in [0.15, 0.2) is 0 Å². The van der Waals surface area contributed by atoms with Gasteiger partial charge in [-0.25, -0.2) is 4.79 Å². The SMILES string of the molecule is CC(C)CN1C(=O)OC[C@H]1C(=O)NCc1ccccn1. The Balaban J connectivity index is 1.92. The van der Waals surface area contributed by atoms with Crippen molar-refractivity contribution in [1.29, 1.82) is 0 Å².